The van der Waals surface area contributed by atoms with Gasteiger partial charge in [0.25, 0.3) is 0 Å². The van der Waals surface area contributed by atoms with Crippen LogP contribution in [0.25, 0.3) is 21.7 Å². The molecule has 0 radical (unpaired) electrons. The van der Waals surface area contributed by atoms with Crippen LogP contribution in [0.4, 0.5) is 0 Å². The Kier molecular flexibility index (Phi) is 2.00. The molecule has 80 valence electrons. The molecular weight excluding hydrogens is 220 g/mol. The molecule has 0 spiro atoms. The number of fused-ring (bicyclic) bond motifs is 1. The van der Waals surface area contributed by atoms with Gasteiger partial charge in [0.05, 0.1) is 17.2 Å². The fourth-order valence-corrected chi connectivity index (χ4v) is 2.32. The molecule has 0 aliphatic heterocycles. The number of nitrogens with zero attached hydrogens (tertiary/aromatic N) is 3. The second-order valence-electron chi connectivity index (χ2n) is 3.85. The molecule has 0 unspecified atom stereocenters. The lowest BCUT2D eigenvalue weighted by Gasteiger charge is -1.96. The molecule has 3 aromatic rings. The lowest BCUT2D eigenvalue weighted by molar-refractivity contribution is 1.15. The Labute approximate surface area is 96.5 Å². The van der Waals surface area contributed by atoms with E-state index in [1.54, 1.807) is 6.20 Å². The van der Waals surface area contributed by atoms with Crippen molar-refractivity contribution >= 4 is 22.6 Å². The van der Waals surface area contributed by atoms with Gasteiger partial charge in [0.15, 0.2) is 5.82 Å². The van der Waals surface area contributed by atoms with Gasteiger partial charge in [0.1, 0.15) is 4.88 Å². The molecular formula is C11H10N4S. The maximum absolute atomic E-state index is 4.57. The summed E-state index contributed by atoms with van der Waals surface area (Å²) >= 11 is 1.35. The Morgan fingerprint density at radius 3 is 2.88 bits per heavy atom. The number of aromatic amines is 1. The van der Waals surface area contributed by atoms with E-state index >= 15 is 0 Å². The zero-order chi connectivity index (χ0) is 11.1. The van der Waals surface area contributed by atoms with E-state index in [1.165, 1.54) is 22.7 Å². The Morgan fingerprint density at radius 2 is 2.12 bits per heavy atom. The van der Waals surface area contributed by atoms with Crippen LogP contribution >= 0.6 is 11.5 Å². The molecule has 16 heavy (non-hydrogen) atoms. The minimum atomic E-state index is 0.846. The van der Waals surface area contributed by atoms with Gasteiger partial charge in [-0.1, -0.05) is 10.6 Å². The first-order valence-corrected chi connectivity index (χ1v) is 5.76. The molecule has 3 rings (SSSR count). The van der Waals surface area contributed by atoms with Gasteiger partial charge in [0, 0.05) is 0 Å². The lowest BCUT2D eigenvalue weighted by Crippen LogP contribution is -1.79. The summed E-state index contributed by atoms with van der Waals surface area (Å²) in [7, 11) is 0. The molecule has 0 aliphatic rings. The van der Waals surface area contributed by atoms with Crippen molar-refractivity contribution in [2.75, 3.05) is 0 Å². The SMILES string of the molecule is Cc1cc(C)c2nc(-c3cnns3)[nH]c2c1. The van der Waals surface area contributed by atoms with Gasteiger partial charge >= 0.3 is 0 Å². The number of imidazole rings is 1. The minimum Gasteiger partial charge on any atom is -0.337 e. The molecule has 2 heterocycles. The summed E-state index contributed by atoms with van der Waals surface area (Å²) in [6.07, 6.45) is 1.73. The van der Waals surface area contributed by atoms with Crippen molar-refractivity contribution in [3.63, 3.8) is 0 Å². The van der Waals surface area contributed by atoms with Crippen LogP contribution in [-0.4, -0.2) is 19.6 Å². The fraction of sp³-hybridized carbons (Fsp3) is 0.182. The number of hydrogen-bond acceptors (Lipinski definition) is 4. The van der Waals surface area contributed by atoms with Gasteiger partial charge < -0.3 is 4.98 Å². The van der Waals surface area contributed by atoms with E-state index in [4.69, 9.17) is 0 Å². The van der Waals surface area contributed by atoms with Crippen LogP contribution in [0.2, 0.25) is 0 Å². The lowest BCUT2D eigenvalue weighted by atomic mass is 10.1. The zero-order valence-corrected chi connectivity index (χ0v) is 9.80. The van der Waals surface area contributed by atoms with Crippen LogP contribution in [0.3, 0.4) is 0 Å². The number of aromatic nitrogens is 4. The third kappa shape index (κ3) is 1.40. The Balaban J connectivity index is 2.27. The highest BCUT2D eigenvalue weighted by Crippen LogP contribution is 2.24. The van der Waals surface area contributed by atoms with Crippen molar-refractivity contribution in [2.45, 2.75) is 13.8 Å². The summed E-state index contributed by atoms with van der Waals surface area (Å²) in [6.45, 7) is 4.16. The van der Waals surface area contributed by atoms with Crippen LogP contribution in [-0.2, 0) is 0 Å². The molecule has 1 aromatic carbocycles. The molecule has 0 atom stereocenters. The Hall–Kier alpha value is -1.75. The zero-order valence-electron chi connectivity index (χ0n) is 8.98. The Bertz CT molecular complexity index is 639. The van der Waals surface area contributed by atoms with Gasteiger partial charge in [-0.3, -0.25) is 0 Å². The number of benzene rings is 1. The first kappa shape index (κ1) is 9.47. The predicted molar refractivity (Wildman–Crippen MR) is 64.5 cm³/mol. The number of aryl methyl sites for hydroxylation is 2. The highest BCUT2D eigenvalue weighted by molar-refractivity contribution is 7.09. The van der Waals surface area contributed by atoms with Crippen LogP contribution in [0.15, 0.2) is 18.3 Å². The average molecular weight is 230 g/mol. The number of nitrogens with one attached hydrogen (secondary N) is 1. The van der Waals surface area contributed by atoms with Crippen molar-refractivity contribution in [2.24, 2.45) is 0 Å². The molecule has 0 aliphatic carbocycles. The maximum Gasteiger partial charge on any atom is 0.151 e. The van der Waals surface area contributed by atoms with Crippen LogP contribution < -0.4 is 0 Å². The second-order valence-corrected chi connectivity index (χ2v) is 4.63. The third-order valence-corrected chi connectivity index (χ3v) is 3.19. The predicted octanol–water partition coefficient (Wildman–Crippen LogP) is 2.70. The molecule has 0 saturated heterocycles. The Morgan fingerprint density at radius 1 is 1.25 bits per heavy atom. The van der Waals surface area contributed by atoms with Crippen LogP contribution in [0.5, 0.6) is 0 Å². The highest BCUT2D eigenvalue weighted by Gasteiger charge is 2.09. The summed E-state index contributed by atoms with van der Waals surface area (Å²) in [5.41, 5.74) is 4.52. The van der Waals surface area contributed by atoms with Crippen molar-refractivity contribution in [3.8, 4) is 10.7 Å². The van der Waals surface area contributed by atoms with E-state index in [1.807, 2.05) is 0 Å². The van der Waals surface area contributed by atoms with Crippen molar-refractivity contribution in [1.82, 2.24) is 19.6 Å². The van der Waals surface area contributed by atoms with Gasteiger partial charge in [-0.25, -0.2) is 4.98 Å². The molecule has 0 fully saturated rings. The van der Waals surface area contributed by atoms with E-state index < -0.39 is 0 Å². The molecule has 2 aromatic heterocycles. The quantitative estimate of drug-likeness (QED) is 0.699. The standard InChI is InChI=1S/C11H10N4S/c1-6-3-7(2)10-8(4-6)13-11(14-10)9-5-12-15-16-9/h3-5H,1-2H3,(H,13,14). The van der Waals surface area contributed by atoms with Crippen molar-refractivity contribution in [1.29, 1.82) is 0 Å². The summed E-state index contributed by atoms with van der Waals surface area (Å²) < 4.78 is 3.84. The molecule has 5 heteroatoms. The van der Waals surface area contributed by atoms with Gasteiger partial charge in [-0.15, -0.1) is 5.10 Å². The van der Waals surface area contributed by atoms with Crippen LogP contribution in [0.1, 0.15) is 11.1 Å². The smallest absolute Gasteiger partial charge is 0.151 e. The normalized spacial score (nSPS) is 11.1. The first-order valence-electron chi connectivity index (χ1n) is 4.99. The minimum absolute atomic E-state index is 0.846. The second kappa shape index (κ2) is 3.38. The number of H-pyrrole nitrogens is 1. The summed E-state index contributed by atoms with van der Waals surface area (Å²) in [6, 6.07) is 4.24. The molecule has 0 amide bonds. The summed E-state index contributed by atoms with van der Waals surface area (Å²) in [4.78, 5) is 8.84. The van der Waals surface area contributed by atoms with Gasteiger partial charge in [0.2, 0.25) is 0 Å². The first-order chi connectivity index (χ1) is 7.74. The summed E-state index contributed by atoms with van der Waals surface area (Å²) in [5.74, 6) is 0.846. The molecule has 0 saturated carbocycles. The van der Waals surface area contributed by atoms with E-state index in [-0.39, 0.29) is 0 Å². The van der Waals surface area contributed by atoms with E-state index in [9.17, 15) is 0 Å². The maximum atomic E-state index is 4.57. The molecule has 0 bridgehead atoms. The molecule has 4 nitrogen and oxygen atoms in total. The highest BCUT2D eigenvalue weighted by atomic mass is 32.1. The number of hydrogen-bond donors (Lipinski definition) is 1. The summed E-state index contributed by atoms with van der Waals surface area (Å²) in [5, 5.41) is 3.82. The van der Waals surface area contributed by atoms with Crippen molar-refractivity contribution < 1.29 is 0 Å². The molecule has 1 N–H and O–H groups in total. The largest absolute Gasteiger partial charge is 0.337 e. The van der Waals surface area contributed by atoms with E-state index in [0.29, 0.717) is 0 Å². The number of rotatable bonds is 1. The average Bonchev–Trinajstić information content (AvgIpc) is 2.82. The topological polar surface area (TPSA) is 54.5 Å². The van der Waals surface area contributed by atoms with Gasteiger partial charge in [-0.2, -0.15) is 0 Å². The van der Waals surface area contributed by atoms with E-state index in [0.717, 1.165) is 21.7 Å². The van der Waals surface area contributed by atoms with E-state index in [2.05, 4.69) is 45.5 Å². The monoisotopic (exact) mass is 230 g/mol. The van der Waals surface area contributed by atoms with Crippen LogP contribution in [0, 0.1) is 13.8 Å². The fourth-order valence-electron chi connectivity index (χ4n) is 1.86. The van der Waals surface area contributed by atoms with Crippen molar-refractivity contribution in [3.05, 3.63) is 29.5 Å². The third-order valence-electron chi connectivity index (χ3n) is 2.52. The van der Waals surface area contributed by atoms with Gasteiger partial charge in [-0.05, 0) is 42.6 Å².